The molecule has 2 bridgehead atoms. The van der Waals surface area contributed by atoms with E-state index in [9.17, 15) is 9.59 Å². The fraction of sp³-hybridized carbons (Fsp3) is 0.800. The Bertz CT molecular complexity index is 241. The number of hydrogen-bond acceptors (Lipinski definition) is 3. The van der Waals surface area contributed by atoms with E-state index in [0.29, 0.717) is 18.3 Å². The average molecular weight is 182 g/mol. The smallest absolute Gasteiger partial charge is 0.303 e. The first-order valence-electron chi connectivity index (χ1n) is 4.85. The van der Waals surface area contributed by atoms with Gasteiger partial charge in [0.2, 0.25) is 0 Å². The number of Topliss-reactive ketones (excluding diaryl/α,β-unsaturated/α-hetero) is 1. The maximum Gasteiger partial charge on any atom is 0.303 e. The second-order valence-corrected chi connectivity index (χ2v) is 4.21. The van der Waals surface area contributed by atoms with Crippen LogP contribution in [0.4, 0.5) is 0 Å². The van der Waals surface area contributed by atoms with Crippen LogP contribution in [0.3, 0.4) is 0 Å². The first-order chi connectivity index (χ1) is 6.15. The van der Waals surface area contributed by atoms with Crippen molar-refractivity contribution in [3.8, 4) is 0 Å². The lowest BCUT2D eigenvalue weighted by Gasteiger charge is -2.31. The van der Waals surface area contributed by atoms with E-state index in [-0.39, 0.29) is 11.8 Å². The van der Waals surface area contributed by atoms with Gasteiger partial charge in [0.1, 0.15) is 0 Å². The molecule has 72 valence electrons. The van der Waals surface area contributed by atoms with Gasteiger partial charge in [-0.25, -0.2) is 0 Å². The van der Waals surface area contributed by atoms with Crippen LogP contribution in [0.5, 0.6) is 0 Å². The Kier molecular flexibility index (Phi) is 2.10. The Labute approximate surface area is 77.4 Å². The second-order valence-electron chi connectivity index (χ2n) is 4.21. The largest absolute Gasteiger partial charge is 0.455 e. The van der Waals surface area contributed by atoms with Crippen molar-refractivity contribution >= 4 is 11.8 Å². The number of ether oxygens (including phenoxy) is 1. The third-order valence-corrected chi connectivity index (χ3v) is 3.04. The fourth-order valence-corrected chi connectivity index (χ4v) is 2.40. The van der Waals surface area contributed by atoms with Crippen LogP contribution in [0.1, 0.15) is 32.6 Å². The minimum Gasteiger partial charge on any atom is -0.455 e. The maximum atomic E-state index is 11.5. The molecule has 0 aromatic heterocycles. The molecule has 0 unspecified atom stereocenters. The number of hydrogen-bond donors (Lipinski definition) is 0. The number of esters is 1. The number of fused-ring (bicyclic) bond motifs is 3. The molecule has 0 spiro atoms. The Morgan fingerprint density at radius 3 is 2.62 bits per heavy atom. The molecule has 0 amide bonds. The van der Waals surface area contributed by atoms with Gasteiger partial charge in [0.15, 0.2) is 11.9 Å². The van der Waals surface area contributed by atoms with Gasteiger partial charge in [-0.05, 0) is 31.1 Å². The first-order valence-corrected chi connectivity index (χ1v) is 4.85. The van der Waals surface area contributed by atoms with Crippen LogP contribution in [0.25, 0.3) is 0 Å². The molecule has 13 heavy (non-hydrogen) atoms. The van der Waals surface area contributed by atoms with Crippen molar-refractivity contribution < 1.29 is 14.3 Å². The van der Waals surface area contributed by atoms with Crippen LogP contribution in [-0.4, -0.2) is 17.9 Å². The predicted molar refractivity (Wildman–Crippen MR) is 46.0 cm³/mol. The highest BCUT2D eigenvalue weighted by atomic mass is 16.5. The van der Waals surface area contributed by atoms with Crippen LogP contribution in [0.15, 0.2) is 0 Å². The average Bonchev–Trinajstić information content (AvgIpc) is 2.16. The van der Waals surface area contributed by atoms with Crippen molar-refractivity contribution in [2.24, 2.45) is 11.8 Å². The topological polar surface area (TPSA) is 43.4 Å². The molecule has 0 radical (unpaired) electrons. The molecular formula is C10H14O3. The summed E-state index contributed by atoms with van der Waals surface area (Å²) in [5, 5.41) is 0. The van der Waals surface area contributed by atoms with Crippen LogP contribution < -0.4 is 0 Å². The monoisotopic (exact) mass is 182 g/mol. The molecule has 3 fully saturated rings. The van der Waals surface area contributed by atoms with Crippen molar-refractivity contribution in [1.29, 1.82) is 0 Å². The van der Waals surface area contributed by atoms with Crippen LogP contribution in [0.2, 0.25) is 0 Å². The van der Waals surface area contributed by atoms with Gasteiger partial charge in [-0.3, -0.25) is 9.59 Å². The highest BCUT2D eigenvalue weighted by molar-refractivity contribution is 5.86. The van der Waals surface area contributed by atoms with Crippen molar-refractivity contribution in [1.82, 2.24) is 0 Å². The summed E-state index contributed by atoms with van der Waals surface area (Å²) in [6.45, 7) is 1.36. The summed E-state index contributed by atoms with van der Waals surface area (Å²) in [5.74, 6) is 0.997. The van der Waals surface area contributed by atoms with Crippen LogP contribution in [-0.2, 0) is 14.3 Å². The Morgan fingerprint density at radius 1 is 1.31 bits per heavy atom. The highest BCUT2D eigenvalue weighted by Crippen LogP contribution is 2.43. The summed E-state index contributed by atoms with van der Waals surface area (Å²) in [6, 6.07) is 0. The minimum atomic E-state index is -0.435. The SMILES string of the molecule is CC(=O)O[C@H]1CC2CC(CC1=O)C2. The molecule has 3 rings (SSSR count). The molecule has 3 aliphatic rings. The van der Waals surface area contributed by atoms with Gasteiger partial charge < -0.3 is 4.74 Å². The normalized spacial score (nSPS) is 37.6. The summed E-state index contributed by atoms with van der Waals surface area (Å²) in [5.41, 5.74) is 0. The molecule has 3 nitrogen and oxygen atoms in total. The molecule has 1 atom stereocenters. The zero-order valence-corrected chi connectivity index (χ0v) is 7.79. The number of rotatable bonds is 1. The van der Waals surface area contributed by atoms with E-state index < -0.39 is 6.10 Å². The van der Waals surface area contributed by atoms with Gasteiger partial charge in [0.05, 0.1) is 0 Å². The summed E-state index contributed by atoms with van der Waals surface area (Å²) < 4.78 is 4.99. The number of carbonyl (C=O) groups excluding carboxylic acids is 2. The third-order valence-electron chi connectivity index (χ3n) is 3.04. The Balaban J connectivity index is 2.00. The summed E-state index contributed by atoms with van der Waals surface area (Å²) in [4.78, 5) is 22.2. The van der Waals surface area contributed by atoms with E-state index in [1.54, 1.807) is 0 Å². The molecule has 0 N–H and O–H groups in total. The quantitative estimate of drug-likeness (QED) is 0.574. The molecule has 0 saturated heterocycles. The Hall–Kier alpha value is -0.860. The predicted octanol–water partition coefficient (Wildman–Crippen LogP) is 1.31. The van der Waals surface area contributed by atoms with E-state index in [2.05, 4.69) is 0 Å². The van der Waals surface area contributed by atoms with E-state index in [1.165, 1.54) is 6.92 Å². The van der Waals surface area contributed by atoms with Gasteiger partial charge in [-0.1, -0.05) is 0 Å². The molecule has 3 saturated carbocycles. The van der Waals surface area contributed by atoms with Crippen LogP contribution in [0, 0.1) is 11.8 Å². The van der Waals surface area contributed by atoms with Crippen molar-refractivity contribution in [2.45, 2.75) is 38.7 Å². The molecular weight excluding hydrogens is 168 g/mol. The van der Waals surface area contributed by atoms with Crippen LogP contribution >= 0.6 is 0 Å². The van der Waals surface area contributed by atoms with Crippen molar-refractivity contribution in [2.75, 3.05) is 0 Å². The first kappa shape index (κ1) is 8.73. The minimum absolute atomic E-state index is 0.125. The fourth-order valence-electron chi connectivity index (χ4n) is 2.40. The highest BCUT2D eigenvalue weighted by Gasteiger charge is 2.40. The maximum absolute atomic E-state index is 11.5. The molecule has 0 aromatic carbocycles. The van der Waals surface area contributed by atoms with Gasteiger partial charge in [-0.15, -0.1) is 0 Å². The number of carbonyl (C=O) groups is 2. The van der Waals surface area contributed by atoms with Gasteiger partial charge >= 0.3 is 5.97 Å². The van der Waals surface area contributed by atoms with Gasteiger partial charge in [0, 0.05) is 13.3 Å². The molecule has 0 heterocycles. The third kappa shape index (κ3) is 1.74. The standard InChI is InChI=1S/C10H14O3/c1-6(11)13-10-5-8-2-7(3-8)4-9(10)12/h7-8,10H,2-5H2,1H3/t7?,8?,10-/m0/s1. The second kappa shape index (κ2) is 3.13. The van der Waals surface area contributed by atoms with E-state index in [1.807, 2.05) is 0 Å². The summed E-state index contributed by atoms with van der Waals surface area (Å²) in [6.07, 6.45) is 3.26. The van der Waals surface area contributed by atoms with Gasteiger partial charge in [-0.2, -0.15) is 0 Å². The molecule has 0 aliphatic heterocycles. The molecule has 3 heteroatoms. The Morgan fingerprint density at radius 2 is 2.00 bits per heavy atom. The van der Waals surface area contributed by atoms with Crippen molar-refractivity contribution in [3.63, 3.8) is 0 Å². The van der Waals surface area contributed by atoms with Gasteiger partial charge in [0.25, 0.3) is 0 Å². The summed E-state index contributed by atoms with van der Waals surface area (Å²) in [7, 11) is 0. The molecule has 3 aliphatic carbocycles. The number of ketones is 1. The summed E-state index contributed by atoms with van der Waals surface area (Å²) >= 11 is 0. The zero-order valence-electron chi connectivity index (χ0n) is 7.79. The van der Waals surface area contributed by atoms with Crippen molar-refractivity contribution in [3.05, 3.63) is 0 Å². The lowest BCUT2D eigenvalue weighted by Crippen LogP contribution is -2.25. The lowest BCUT2D eigenvalue weighted by atomic mass is 9.74. The van der Waals surface area contributed by atoms with E-state index in [4.69, 9.17) is 4.74 Å². The lowest BCUT2D eigenvalue weighted by molar-refractivity contribution is -0.153. The molecule has 0 aromatic rings. The van der Waals surface area contributed by atoms with E-state index in [0.717, 1.165) is 19.3 Å². The zero-order chi connectivity index (χ0) is 9.42. The van der Waals surface area contributed by atoms with E-state index >= 15 is 0 Å².